The Balaban J connectivity index is 1.31. The van der Waals surface area contributed by atoms with Gasteiger partial charge in [-0.05, 0) is 73.4 Å². The maximum atomic E-state index is 13.3. The van der Waals surface area contributed by atoms with Gasteiger partial charge in [0.15, 0.2) is 5.65 Å². The number of hydrogen-bond donors (Lipinski definition) is 1. The van der Waals surface area contributed by atoms with Crippen molar-refractivity contribution in [3.05, 3.63) is 47.5 Å². The molecule has 1 saturated carbocycles. The van der Waals surface area contributed by atoms with Crippen LogP contribution in [0, 0.1) is 6.92 Å². The number of likely N-dealkylation sites (tertiary alicyclic amines) is 1. The molecule has 3 aromatic heterocycles. The van der Waals surface area contributed by atoms with Gasteiger partial charge in [0.1, 0.15) is 6.33 Å². The second-order valence-corrected chi connectivity index (χ2v) is 10.5. The number of benzene rings is 1. The minimum atomic E-state index is -2.49. The SMILES string of the molecule is Cc1cc(-c2cc3n[nH]c(C4CCC(N5CC(F)(F)C5)CC4)c3cc2C(C)C)cn2ncnc12. The molecule has 1 aliphatic heterocycles. The van der Waals surface area contributed by atoms with Crippen LogP contribution >= 0.6 is 0 Å². The van der Waals surface area contributed by atoms with Gasteiger partial charge >= 0.3 is 0 Å². The van der Waals surface area contributed by atoms with Crippen molar-refractivity contribution in [1.82, 2.24) is 29.7 Å². The van der Waals surface area contributed by atoms with Crippen LogP contribution in [0.2, 0.25) is 0 Å². The standard InChI is InChI=1S/C26H30F2N6/c1-15(2)20-9-22-23(10-21(20)18-8-16(3)25-29-14-30-34(25)11-18)31-32-24(22)17-4-6-19(7-5-17)33-12-26(27,28)13-33/h8-11,14-15,17,19H,4-7,12-13H2,1-3H3,(H,31,32). The number of fused-ring (bicyclic) bond motifs is 2. The number of alkyl halides is 2. The van der Waals surface area contributed by atoms with E-state index in [0.29, 0.717) is 11.8 Å². The number of pyridine rings is 1. The molecule has 8 heteroatoms. The number of H-pyrrole nitrogens is 1. The summed E-state index contributed by atoms with van der Waals surface area (Å²) in [4.78, 5) is 6.30. The highest BCUT2D eigenvalue weighted by atomic mass is 19.3. The summed E-state index contributed by atoms with van der Waals surface area (Å²) < 4.78 is 28.4. The van der Waals surface area contributed by atoms with Crippen LogP contribution in [0.3, 0.4) is 0 Å². The van der Waals surface area contributed by atoms with Crippen molar-refractivity contribution in [2.24, 2.45) is 0 Å². The molecule has 1 aromatic carbocycles. The molecule has 1 saturated heterocycles. The molecule has 6 rings (SSSR count). The number of aromatic nitrogens is 5. The zero-order chi connectivity index (χ0) is 23.6. The average molecular weight is 465 g/mol. The molecule has 34 heavy (non-hydrogen) atoms. The predicted octanol–water partition coefficient (Wildman–Crippen LogP) is 5.68. The van der Waals surface area contributed by atoms with Gasteiger partial charge in [-0.1, -0.05) is 13.8 Å². The number of nitrogens with zero attached hydrogens (tertiary/aromatic N) is 5. The van der Waals surface area contributed by atoms with E-state index in [-0.39, 0.29) is 19.1 Å². The minimum absolute atomic E-state index is 0.0737. The summed E-state index contributed by atoms with van der Waals surface area (Å²) >= 11 is 0. The van der Waals surface area contributed by atoms with Crippen molar-refractivity contribution < 1.29 is 8.78 Å². The Kier molecular flexibility index (Phi) is 4.99. The molecule has 0 bridgehead atoms. The maximum Gasteiger partial charge on any atom is 0.272 e. The van der Waals surface area contributed by atoms with E-state index in [1.807, 2.05) is 15.6 Å². The number of hydrogen-bond acceptors (Lipinski definition) is 4. The van der Waals surface area contributed by atoms with E-state index in [1.54, 1.807) is 6.33 Å². The molecule has 4 heterocycles. The minimum Gasteiger partial charge on any atom is -0.288 e. The Labute approximate surface area is 197 Å². The van der Waals surface area contributed by atoms with Crippen molar-refractivity contribution in [1.29, 1.82) is 0 Å². The lowest BCUT2D eigenvalue weighted by Crippen LogP contribution is -2.60. The summed E-state index contributed by atoms with van der Waals surface area (Å²) in [5, 5.41) is 13.6. The predicted molar refractivity (Wildman–Crippen MR) is 128 cm³/mol. The van der Waals surface area contributed by atoms with Crippen LogP contribution < -0.4 is 0 Å². The smallest absolute Gasteiger partial charge is 0.272 e. The number of rotatable bonds is 4. The van der Waals surface area contributed by atoms with Crippen molar-refractivity contribution in [2.45, 2.75) is 70.3 Å². The van der Waals surface area contributed by atoms with Gasteiger partial charge in [-0.25, -0.2) is 18.3 Å². The Morgan fingerprint density at radius 2 is 1.85 bits per heavy atom. The van der Waals surface area contributed by atoms with Gasteiger partial charge in [0, 0.05) is 34.8 Å². The maximum absolute atomic E-state index is 13.3. The largest absolute Gasteiger partial charge is 0.288 e. The first kappa shape index (κ1) is 21.6. The molecule has 0 radical (unpaired) electrons. The van der Waals surface area contributed by atoms with E-state index in [1.165, 1.54) is 22.2 Å². The van der Waals surface area contributed by atoms with E-state index < -0.39 is 5.92 Å². The van der Waals surface area contributed by atoms with Crippen molar-refractivity contribution >= 4 is 16.6 Å². The first-order valence-electron chi connectivity index (χ1n) is 12.2. The Bertz CT molecular complexity index is 1350. The average Bonchev–Trinajstić information content (AvgIpc) is 3.43. The van der Waals surface area contributed by atoms with E-state index >= 15 is 0 Å². The summed E-state index contributed by atoms with van der Waals surface area (Å²) in [5.41, 5.74) is 7.68. The molecule has 4 aromatic rings. The van der Waals surface area contributed by atoms with Crippen molar-refractivity contribution in [2.75, 3.05) is 13.1 Å². The normalized spacial score (nSPS) is 23.1. The Hall–Kier alpha value is -2.87. The zero-order valence-electron chi connectivity index (χ0n) is 19.9. The van der Waals surface area contributed by atoms with Gasteiger partial charge in [-0.2, -0.15) is 10.2 Å². The highest BCUT2D eigenvalue weighted by Crippen LogP contribution is 2.41. The van der Waals surface area contributed by atoms with Crippen LogP contribution in [0.5, 0.6) is 0 Å². The van der Waals surface area contributed by atoms with Gasteiger partial charge in [0.2, 0.25) is 0 Å². The quantitative estimate of drug-likeness (QED) is 0.422. The monoisotopic (exact) mass is 464 g/mol. The summed E-state index contributed by atoms with van der Waals surface area (Å²) in [6.07, 6.45) is 7.56. The molecule has 0 amide bonds. The first-order valence-corrected chi connectivity index (χ1v) is 12.2. The lowest BCUT2D eigenvalue weighted by Gasteiger charge is -2.46. The van der Waals surface area contributed by atoms with Crippen LogP contribution in [0.4, 0.5) is 8.78 Å². The zero-order valence-corrected chi connectivity index (χ0v) is 19.9. The lowest BCUT2D eigenvalue weighted by molar-refractivity contribution is -0.150. The molecule has 2 fully saturated rings. The van der Waals surface area contributed by atoms with Crippen molar-refractivity contribution in [3.8, 4) is 11.1 Å². The summed E-state index contributed by atoms with van der Waals surface area (Å²) in [6.45, 7) is 6.36. The summed E-state index contributed by atoms with van der Waals surface area (Å²) in [5.74, 6) is -1.75. The third-order valence-corrected chi connectivity index (χ3v) is 7.74. The van der Waals surface area contributed by atoms with E-state index in [2.05, 4.69) is 59.3 Å². The molecule has 6 nitrogen and oxygen atoms in total. The summed E-state index contributed by atoms with van der Waals surface area (Å²) in [7, 11) is 0. The molecule has 2 aliphatic rings. The van der Waals surface area contributed by atoms with Gasteiger partial charge in [0.05, 0.1) is 18.6 Å². The van der Waals surface area contributed by atoms with Crippen LogP contribution in [-0.4, -0.2) is 54.7 Å². The molecule has 0 atom stereocenters. The van der Waals surface area contributed by atoms with Crippen LogP contribution in [-0.2, 0) is 0 Å². The van der Waals surface area contributed by atoms with Crippen LogP contribution in [0.15, 0.2) is 30.7 Å². The van der Waals surface area contributed by atoms with E-state index in [0.717, 1.165) is 48.0 Å². The highest BCUT2D eigenvalue weighted by molar-refractivity contribution is 5.89. The van der Waals surface area contributed by atoms with Gasteiger partial charge in [-0.3, -0.25) is 10.00 Å². The fraction of sp³-hybridized carbons (Fsp3) is 0.500. The van der Waals surface area contributed by atoms with E-state index in [4.69, 9.17) is 0 Å². The van der Waals surface area contributed by atoms with Crippen LogP contribution in [0.1, 0.15) is 68.2 Å². The van der Waals surface area contributed by atoms with Gasteiger partial charge < -0.3 is 0 Å². The molecule has 0 unspecified atom stereocenters. The molecule has 1 aliphatic carbocycles. The number of aryl methyl sites for hydroxylation is 1. The number of aromatic amines is 1. The fourth-order valence-electron chi connectivity index (χ4n) is 5.91. The molecule has 178 valence electrons. The third kappa shape index (κ3) is 3.59. The molecule has 1 N–H and O–H groups in total. The Morgan fingerprint density at radius 1 is 1.09 bits per heavy atom. The molecular weight excluding hydrogens is 434 g/mol. The van der Waals surface area contributed by atoms with Gasteiger partial charge in [-0.15, -0.1) is 0 Å². The van der Waals surface area contributed by atoms with Gasteiger partial charge in [0.25, 0.3) is 5.92 Å². The lowest BCUT2D eigenvalue weighted by atomic mass is 9.81. The second-order valence-electron chi connectivity index (χ2n) is 10.5. The second kappa shape index (κ2) is 7.83. The molecular formula is C26H30F2N6. The summed E-state index contributed by atoms with van der Waals surface area (Å²) in [6, 6.07) is 6.95. The topological polar surface area (TPSA) is 62.1 Å². The van der Waals surface area contributed by atoms with Crippen molar-refractivity contribution in [3.63, 3.8) is 0 Å². The Morgan fingerprint density at radius 3 is 2.56 bits per heavy atom. The highest BCUT2D eigenvalue weighted by Gasteiger charge is 2.47. The third-order valence-electron chi connectivity index (χ3n) is 7.74. The van der Waals surface area contributed by atoms with Crippen LogP contribution in [0.25, 0.3) is 27.7 Å². The number of halogens is 2. The fourth-order valence-corrected chi connectivity index (χ4v) is 5.91. The number of nitrogens with one attached hydrogen (secondary N) is 1. The first-order chi connectivity index (χ1) is 16.3. The molecule has 0 spiro atoms. The van der Waals surface area contributed by atoms with E-state index in [9.17, 15) is 8.78 Å².